The number of benzene rings is 7. The number of thiophene rings is 1. The second kappa shape index (κ2) is 10.1. The average molecular weight is 578 g/mol. The van der Waals surface area contributed by atoms with Gasteiger partial charge in [0, 0.05) is 42.2 Å². The molecule has 2 heterocycles. The molecule has 1 nitrogen and oxygen atoms in total. The van der Waals surface area contributed by atoms with Gasteiger partial charge in [-0.05, 0) is 64.2 Å². The van der Waals surface area contributed by atoms with Gasteiger partial charge in [-0.3, -0.25) is 0 Å². The van der Waals surface area contributed by atoms with Crippen LogP contribution in [0.15, 0.2) is 164 Å². The molecule has 0 radical (unpaired) electrons. The van der Waals surface area contributed by atoms with Crippen molar-refractivity contribution in [2.75, 3.05) is 0 Å². The monoisotopic (exact) mass is 577 g/mol. The van der Waals surface area contributed by atoms with Gasteiger partial charge >= 0.3 is 0 Å². The zero-order valence-corrected chi connectivity index (χ0v) is 24.8. The summed E-state index contributed by atoms with van der Waals surface area (Å²) in [4.78, 5) is 0. The van der Waals surface area contributed by atoms with Gasteiger partial charge in [-0.2, -0.15) is 0 Å². The maximum atomic E-state index is 2.42. The lowest BCUT2D eigenvalue weighted by Crippen LogP contribution is -1.95. The number of hydrogen-bond acceptors (Lipinski definition) is 1. The minimum atomic E-state index is 1.16. The Morgan fingerprint density at radius 2 is 0.955 bits per heavy atom. The SMILES string of the molecule is c1ccc(-c2cccc3c4ccccc4n(-c4ccc(-c5ccc(-c6ccc7sc8ccccc8c7c6)cc5)cc4)c23)cc1. The van der Waals surface area contributed by atoms with Gasteiger partial charge in [0.15, 0.2) is 0 Å². The molecule has 0 aliphatic rings. The van der Waals surface area contributed by atoms with Crippen LogP contribution in [-0.2, 0) is 0 Å². The first-order chi connectivity index (χ1) is 21.8. The molecule has 2 aromatic heterocycles. The summed E-state index contributed by atoms with van der Waals surface area (Å²) in [6.07, 6.45) is 0. The molecular formula is C42H27NS. The van der Waals surface area contributed by atoms with Crippen molar-refractivity contribution in [1.29, 1.82) is 0 Å². The Morgan fingerprint density at radius 3 is 1.75 bits per heavy atom. The van der Waals surface area contributed by atoms with Gasteiger partial charge in [-0.1, -0.05) is 127 Å². The number of aromatic nitrogens is 1. The second-order valence-electron chi connectivity index (χ2n) is 11.4. The first kappa shape index (κ1) is 25.1. The van der Waals surface area contributed by atoms with E-state index >= 15 is 0 Å². The van der Waals surface area contributed by atoms with E-state index in [1.807, 2.05) is 11.3 Å². The van der Waals surface area contributed by atoms with Crippen LogP contribution in [0.5, 0.6) is 0 Å². The molecule has 9 rings (SSSR count). The molecule has 0 atom stereocenters. The van der Waals surface area contributed by atoms with Crippen molar-refractivity contribution in [3.63, 3.8) is 0 Å². The number of rotatable bonds is 4. The smallest absolute Gasteiger partial charge is 0.0619 e. The fraction of sp³-hybridized carbons (Fsp3) is 0. The molecule has 0 unspecified atom stereocenters. The molecule has 0 aliphatic carbocycles. The standard InChI is InChI=1S/C42H27NS/c1-2-9-31(10-3-1)34-13-8-14-37-35-11-4-6-15-39(35)43(42(34)37)33-24-21-29(22-25-33)28-17-19-30(20-18-28)32-23-26-41-38(27-32)36-12-5-7-16-40(36)44-41/h1-27H. The summed E-state index contributed by atoms with van der Waals surface area (Å²) in [6.45, 7) is 0. The van der Waals surface area contributed by atoms with Gasteiger partial charge in [0.2, 0.25) is 0 Å². The van der Waals surface area contributed by atoms with E-state index in [1.165, 1.54) is 75.4 Å². The third-order valence-electron chi connectivity index (χ3n) is 8.83. The van der Waals surface area contributed by atoms with Gasteiger partial charge in [0.25, 0.3) is 0 Å². The minimum Gasteiger partial charge on any atom is -0.309 e. The molecule has 9 aromatic rings. The van der Waals surface area contributed by atoms with Crippen molar-refractivity contribution in [1.82, 2.24) is 4.57 Å². The van der Waals surface area contributed by atoms with Crippen molar-refractivity contribution >= 4 is 53.3 Å². The highest BCUT2D eigenvalue weighted by Gasteiger charge is 2.16. The lowest BCUT2D eigenvalue weighted by molar-refractivity contribution is 1.18. The Hall–Kier alpha value is -5.44. The van der Waals surface area contributed by atoms with Crippen molar-refractivity contribution in [2.24, 2.45) is 0 Å². The molecule has 0 fully saturated rings. The lowest BCUT2D eigenvalue weighted by Gasteiger charge is -2.13. The number of nitrogens with zero attached hydrogens (tertiary/aromatic N) is 1. The molecular weight excluding hydrogens is 551 g/mol. The predicted octanol–water partition coefficient (Wildman–Crippen LogP) is 12.2. The zero-order valence-electron chi connectivity index (χ0n) is 23.9. The fourth-order valence-electron chi connectivity index (χ4n) is 6.70. The topological polar surface area (TPSA) is 4.93 Å². The van der Waals surface area contributed by atoms with Gasteiger partial charge in [-0.15, -0.1) is 11.3 Å². The van der Waals surface area contributed by atoms with E-state index in [2.05, 4.69) is 168 Å². The van der Waals surface area contributed by atoms with Crippen LogP contribution in [0.2, 0.25) is 0 Å². The van der Waals surface area contributed by atoms with Crippen LogP contribution in [-0.4, -0.2) is 4.57 Å². The lowest BCUT2D eigenvalue weighted by atomic mass is 9.99. The van der Waals surface area contributed by atoms with Crippen molar-refractivity contribution < 1.29 is 0 Å². The van der Waals surface area contributed by atoms with Crippen LogP contribution >= 0.6 is 11.3 Å². The molecule has 0 spiro atoms. The Balaban J connectivity index is 1.10. The van der Waals surface area contributed by atoms with Crippen molar-refractivity contribution in [3.8, 4) is 39.1 Å². The van der Waals surface area contributed by atoms with E-state index in [1.54, 1.807) is 0 Å². The molecule has 0 amide bonds. The first-order valence-electron chi connectivity index (χ1n) is 15.0. The Bertz CT molecular complexity index is 2460. The van der Waals surface area contributed by atoms with Crippen LogP contribution < -0.4 is 0 Å². The van der Waals surface area contributed by atoms with Crippen molar-refractivity contribution in [2.45, 2.75) is 0 Å². The average Bonchev–Trinajstić information content (AvgIpc) is 3.64. The summed E-state index contributed by atoms with van der Waals surface area (Å²) in [5.74, 6) is 0. The van der Waals surface area contributed by atoms with Crippen LogP contribution in [0.1, 0.15) is 0 Å². The van der Waals surface area contributed by atoms with E-state index in [4.69, 9.17) is 0 Å². The molecule has 0 saturated heterocycles. The minimum absolute atomic E-state index is 1.16. The fourth-order valence-corrected chi connectivity index (χ4v) is 7.79. The van der Waals surface area contributed by atoms with Crippen molar-refractivity contribution in [3.05, 3.63) is 164 Å². The quantitative estimate of drug-likeness (QED) is 0.196. The first-order valence-corrected chi connectivity index (χ1v) is 15.8. The summed E-state index contributed by atoms with van der Waals surface area (Å²) in [5.41, 5.74) is 11.0. The third-order valence-corrected chi connectivity index (χ3v) is 9.99. The Labute approximate surface area is 259 Å². The van der Waals surface area contributed by atoms with Gasteiger partial charge < -0.3 is 4.57 Å². The molecule has 2 heteroatoms. The second-order valence-corrected chi connectivity index (χ2v) is 12.4. The molecule has 0 bridgehead atoms. The highest BCUT2D eigenvalue weighted by atomic mass is 32.1. The summed E-state index contributed by atoms with van der Waals surface area (Å²) in [5, 5.41) is 5.22. The van der Waals surface area contributed by atoms with E-state index in [9.17, 15) is 0 Å². The molecule has 206 valence electrons. The maximum Gasteiger partial charge on any atom is 0.0619 e. The number of hydrogen-bond donors (Lipinski definition) is 0. The summed E-state index contributed by atoms with van der Waals surface area (Å²) >= 11 is 1.86. The number of fused-ring (bicyclic) bond motifs is 6. The Kier molecular flexibility index (Phi) is 5.75. The van der Waals surface area contributed by atoms with Gasteiger partial charge in [-0.25, -0.2) is 0 Å². The summed E-state index contributed by atoms with van der Waals surface area (Å²) in [6, 6.07) is 59.6. The molecule has 7 aromatic carbocycles. The van der Waals surface area contributed by atoms with E-state index < -0.39 is 0 Å². The van der Waals surface area contributed by atoms with Crippen LogP contribution in [0, 0.1) is 0 Å². The zero-order chi connectivity index (χ0) is 29.0. The molecule has 0 saturated carbocycles. The molecule has 0 N–H and O–H groups in total. The molecule has 44 heavy (non-hydrogen) atoms. The van der Waals surface area contributed by atoms with Crippen LogP contribution in [0.25, 0.3) is 81.0 Å². The Morgan fingerprint density at radius 1 is 0.364 bits per heavy atom. The van der Waals surface area contributed by atoms with Crippen LogP contribution in [0.4, 0.5) is 0 Å². The van der Waals surface area contributed by atoms with Gasteiger partial charge in [0.05, 0.1) is 11.0 Å². The van der Waals surface area contributed by atoms with Gasteiger partial charge in [0.1, 0.15) is 0 Å². The highest BCUT2D eigenvalue weighted by molar-refractivity contribution is 7.25. The third kappa shape index (κ3) is 4.00. The number of para-hydroxylation sites is 2. The summed E-state index contributed by atoms with van der Waals surface area (Å²) < 4.78 is 5.10. The largest absolute Gasteiger partial charge is 0.309 e. The predicted molar refractivity (Wildman–Crippen MR) is 190 cm³/mol. The van der Waals surface area contributed by atoms with E-state index in [-0.39, 0.29) is 0 Å². The maximum absolute atomic E-state index is 2.42. The van der Waals surface area contributed by atoms with E-state index in [0.717, 1.165) is 5.69 Å². The molecule has 0 aliphatic heterocycles. The van der Waals surface area contributed by atoms with E-state index in [0.29, 0.717) is 0 Å². The highest BCUT2D eigenvalue weighted by Crippen LogP contribution is 2.39. The normalized spacial score (nSPS) is 11.6. The van der Waals surface area contributed by atoms with Crippen LogP contribution in [0.3, 0.4) is 0 Å². The summed E-state index contributed by atoms with van der Waals surface area (Å²) in [7, 11) is 0.